The second-order valence-electron chi connectivity index (χ2n) is 2.13. The molecule has 0 aliphatic heterocycles. The zero-order valence-corrected chi connectivity index (χ0v) is 8.12. The van der Waals surface area contributed by atoms with E-state index < -0.39 is 0 Å². The van der Waals surface area contributed by atoms with Gasteiger partial charge >= 0.3 is 0 Å². The lowest BCUT2D eigenvalue weighted by molar-refractivity contribution is 1.16. The lowest BCUT2D eigenvalue weighted by atomic mass is 10.2. The fraction of sp³-hybridized carbons (Fsp3) is 0.286. The van der Waals surface area contributed by atoms with Gasteiger partial charge in [-0.05, 0) is 35.3 Å². The van der Waals surface area contributed by atoms with Crippen LogP contribution in [0.1, 0.15) is 11.3 Å². The predicted molar refractivity (Wildman–Crippen MR) is 46.4 cm³/mol. The van der Waals surface area contributed by atoms with Gasteiger partial charge in [0.15, 0.2) is 0 Å². The summed E-state index contributed by atoms with van der Waals surface area (Å²) in [5.41, 5.74) is 1.93. The lowest BCUT2D eigenvalue weighted by Crippen LogP contribution is -1.86. The minimum Gasteiger partial charge on any atom is -0.259 e. The van der Waals surface area contributed by atoms with Crippen molar-refractivity contribution < 1.29 is 0 Å². The molecule has 0 atom stereocenters. The van der Waals surface area contributed by atoms with Crippen LogP contribution in [0.3, 0.4) is 0 Å². The Hall–Kier alpha value is -0.0800. The van der Waals surface area contributed by atoms with E-state index in [4.69, 9.17) is 11.6 Å². The maximum Gasteiger partial charge on any atom is 0.0658 e. The van der Waals surface area contributed by atoms with Crippen LogP contribution in [-0.4, -0.2) is 4.98 Å². The summed E-state index contributed by atoms with van der Waals surface area (Å²) in [6.45, 7) is 3.85. The van der Waals surface area contributed by atoms with Gasteiger partial charge < -0.3 is 0 Å². The molecule has 1 rings (SSSR count). The van der Waals surface area contributed by atoms with Gasteiger partial charge in [0.25, 0.3) is 0 Å². The van der Waals surface area contributed by atoms with Crippen LogP contribution >= 0.6 is 27.5 Å². The molecule has 54 valence electrons. The van der Waals surface area contributed by atoms with E-state index in [9.17, 15) is 0 Å². The third kappa shape index (κ3) is 1.32. The highest BCUT2D eigenvalue weighted by Gasteiger charge is 2.02. The Kier molecular flexibility index (Phi) is 2.32. The summed E-state index contributed by atoms with van der Waals surface area (Å²) in [7, 11) is 0. The van der Waals surface area contributed by atoms with Crippen LogP contribution in [0.2, 0.25) is 5.02 Å². The molecule has 0 bridgehead atoms. The van der Waals surface area contributed by atoms with Crippen LogP contribution in [0.25, 0.3) is 0 Å². The summed E-state index contributed by atoms with van der Waals surface area (Å²) >= 11 is 9.22. The number of pyridine rings is 1. The number of nitrogens with zero attached hydrogens (tertiary/aromatic N) is 1. The van der Waals surface area contributed by atoms with Crippen molar-refractivity contribution >= 4 is 27.5 Å². The Balaban J connectivity index is 3.34. The van der Waals surface area contributed by atoms with E-state index in [1.807, 2.05) is 13.8 Å². The van der Waals surface area contributed by atoms with E-state index in [-0.39, 0.29) is 0 Å². The first-order chi connectivity index (χ1) is 4.63. The number of halogens is 2. The number of aromatic nitrogens is 1. The van der Waals surface area contributed by atoms with E-state index in [2.05, 4.69) is 20.9 Å². The molecule has 0 saturated heterocycles. The molecule has 1 nitrogen and oxygen atoms in total. The Morgan fingerprint density at radius 2 is 2.10 bits per heavy atom. The second kappa shape index (κ2) is 2.89. The van der Waals surface area contributed by atoms with Crippen molar-refractivity contribution in [3.8, 4) is 0 Å². The molecule has 0 fully saturated rings. The SMILES string of the molecule is Cc1ncc(Br)c(C)c1Cl. The van der Waals surface area contributed by atoms with Gasteiger partial charge in [0.1, 0.15) is 0 Å². The maximum atomic E-state index is 5.89. The van der Waals surface area contributed by atoms with E-state index in [0.29, 0.717) is 0 Å². The summed E-state index contributed by atoms with van der Waals surface area (Å²) in [6.07, 6.45) is 1.76. The molecule has 0 saturated carbocycles. The van der Waals surface area contributed by atoms with Crippen molar-refractivity contribution in [1.82, 2.24) is 4.98 Å². The lowest BCUT2D eigenvalue weighted by Gasteiger charge is -2.01. The summed E-state index contributed by atoms with van der Waals surface area (Å²) in [5, 5.41) is 0.745. The first-order valence-electron chi connectivity index (χ1n) is 2.90. The Morgan fingerprint density at radius 3 is 2.60 bits per heavy atom. The Labute approximate surface area is 73.6 Å². The number of aryl methyl sites for hydroxylation is 1. The number of hydrogen-bond acceptors (Lipinski definition) is 1. The van der Waals surface area contributed by atoms with E-state index in [0.717, 1.165) is 20.8 Å². The van der Waals surface area contributed by atoms with Gasteiger partial charge in [-0.1, -0.05) is 11.6 Å². The van der Waals surface area contributed by atoms with Crippen LogP contribution in [0, 0.1) is 13.8 Å². The molecule has 0 aliphatic rings. The predicted octanol–water partition coefficient (Wildman–Crippen LogP) is 3.11. The fourth-order valence-corrected chi connectivity index (χ4v) is 1.25. The molecule has 3 heteroatoms. The molecule has 0 spiro atoms. The Morgan fingerprint density at radius 1 is 1.50 bits per heavy atom. The minimum absolute atomic E-state index is 0.745. The molecule has 1 heterocycles. The summed E-state index contributed by atoms with van der Waals surface area (Å²) in [4.78, 5) is 4.06. The highest BCUT2D eigenvalue weighted by Crippen LogP contribution is 2.24. The quantitative estimate of drug-likeness (QED) is 0.655. The van der Waals surface area contributed by atoms with Crippen molar-refractivity contribution in [2.45, 2.75) is 13.8 Å². The standard InChI is InChI=1S/C7H7BrClN/c1-4-6(8)3-10-5(2)7(4)9/h3H,1-2H3. The molecule has 0 aliphatic carbocycles. The topological polar surface area (TPSA) is 12.9 Å². The monoisotopic (exact) mass is 219 g/mol. The van der Waals surface area contributed by atoms with E-state index in [1.165, 1.54) is 0 Å². The molecule has 1 aromatic rings. The summed E-state index contributed by atoms with van der Waals surface area (Å²) in [5.74, 6) is 0. The normalized spacial score (nSPS) is 10.0. The molecule has 0 aromatic carbocycles. The van der Waals surface area contributed by atoms with Gasteiger partial charge in [-0.15, -0.1) is 0 Å². The average Bonchev–Trinajstić information content (AvgIpc) is 1.93. The average molecular weight is 220 g/mol. The fourth-order valence-electron chi connectivity index (χ4n) is 0.683. The molecule has 1 aromatic heterocycles. The van der Waals surface area contributed by atoms with Gasteiger partial charge in [0, 0.05) is 10.7 Å². The molecule has 0 N–H and O–H groups in total. The van der Waals surface area contributed by atoms with E-state index >= 15 is 0 Å². The number of hydrogen-bond donors (Lipinski definition) is 0. The van der Waals surface area contributed by atoms with Crippen LogP contribution in [-0.2, 0) is 0 Å². The molecular weight excluding hydrogens is 213 g/mol. The summed E-state index contributed by atoms with van der Waals surface area (Å²) < 4.78 is 0.961. The molecule has 0 amide bonds. The number of rotatable bonds is 0. The van der Waals surface area contributed by atoms with Crippen molar-refractivity contribution in [2.75, 3.05) is 0 Å². The van der Waals surface area contributed by atoms with E-state index in [1.54, 1.807) is 6.20 Å². The van der Waals surface area contributed by atoms with Gasteiger partial charge in [-0.25, -0.2) is 0 Å². The van der Waals surface area contributed by atoms with Crippen LogP contribution in [0.5, 0.6) is 0 Å². The van der Waals surface area contributed by atoms with Crippen molar-refractivity contribution in [1.29, 1.82) is 0 Å². The molecule has 0 unspecified atom stereocenters. The van der Waals surface area contributed by atoms with Crippen LogP contribution in [0.15, 0.2) is 10.7 Å². The van der Waals surface area contributed by atoms with Gasteiger partial charge in [0.05, 0.1) is 10.7 Å². The zero-order chi connectivity index (χ0) is 7.72. The van der Waals surface area contributed by atoms with Gasteiger partial charge in [0.2, 0.25) is 0 Å². The zero-order valence-electron chi connectivity index (χ0n) is 5.78. The van der Waals surface area contributed by atoms with Crippen molar-refractivity contribution in [2.24, 2.45) is 0 Å². The van der Waals surface area contributed by atoms with Gasteiger partial charge in [-0.2, -0.15) is 0 Å². The molecule has 0 radical (unpaired) electrons. The largest absolute Gasteiger partial charge is 0.259 e. The summed E-state index contributed by atoms with van der Waals surface area (Å²) in [6, 6.07) is 0. The third-order valence-corrected chi connectivity index (χ3v) is 2.73. The van der Waals surface area contributed by atoms with Crippen molar-refractivity contribution in [3.05, 3.63) is 26.9 Å². The maximum absolute atomic E-state index is 5.89. The van der Waals surface area contributed by atoms with Crippen molar-refractivity contribution in [3.63, 3.8) is 0 Å². The second-order valence-corrected chi connectivity index (χ2v) is 3.36. The smallest absolute Gasteiger partial charge is 0.0658 e. The molecule has 10 heavy (non-hydrogen) atoms. The Bertz CT molecular complexity index is 233. The highest BCUT2D eigenvalue weighted by molar-refractivity contribution is 9.10. The first kappa shape index (κ1) is 8.02. The van der Waals surface area contributed by atoms with Crippen LogP contribution < -0.4 is 0 Å². The van der Waals surface area contributed by atoms with Crippen LogP contribution in [0.4, 0.5) is 0 Å². The molecular formula is C7H7BrClN. The highest BCUT2D eigenvalue weighted by atomic mass is 79.9. The minimum atomic E-state index is 0.745. The first-order valence-corrected chi connectivity index (χ1v) is 4.07. The van der Waals surface area contributed by atoms with Gasteiger partial charge in [-0.3, -0.25) is 4.98 Å². The third-order valence-electron chi connectivity index (χ3n) is 1.38.